The minimum Gasteiger partial charge on any atom is 2.00 e. The van der Waals surface area contributed by atoms with Crippen molar-refractivity contribution in [2.45, 2.75) is 24.7 Å². The molecule has 0 saturated carbocycles. The monoisotopic (exact) mass is 740 g/mol. The molecule has 0 aromatic heterocycles. The van der Waals surface area contributed by atoms with E-state index in [1.807, 2.05) is 24.3 Å². The zero-order valence-electron chi connectivity index (χ0n) is 22.5. The normalized spacial score (nSPS) is 15.8. The van der Waals surface area contributed by atoms with Gasteiger partial charge in [-0.1, -0.05) is 72.8 Å². The van der Waals surface area contributed by atoms with E-state index in [9.17, 15) is 0 Å². The van der Waals surface area contributed by atoms with Gasteiger partial charge in [-0.2, -0.15) is 12.2 Å². The Labute approximate surface area is 284 Å². The molecule has 0 fully saturated rings. The quantitative estimate of drug-likeness (QED) is 0.381. The van der Waals surface area contributed by atoms with Gasteiger partial charge >= 0.3 is 64.1 Å². The van der Waals surface area contributed by atoms with Gasteiger partial charge in [0, 0.05) is 11.8 Å². The first-order chi connectivity index (χ1) is 15.3. The van der Waals surface area contributed by atoms with E-state index >= 15 is 0 Å². The average Bonchev–Trinajstić information content (AvgIpc) is 3.62. The van der Waals surface area contributed by atoms with Crippen LogP contribution in [0.4, 0.5) is 0 Å². The largest absolute Gasteiger partial charge is 2.00 e. The fourth-order valence-corrected chi connectivity index (χ4v) is 3.86. The second-order valence-corrected chi connectivity index (χ2v) is 10.8. The summed E-state index contributed by atoms with van der Waals surface area (Å²) in [5.41, 5.74) is 5.67. The molecule has 4 aliphatic carbocycles. The summed E-state index contributed by atoms with van der Waals surface area (Å²) in [6.07, 6.45) is 29.2. The van der Waals surface area contributed by atoms with Gasteiger partial charge in [-0.3, -0.25) is 12.2 Å². The Morgan fingerprint density at radius 1 is 0.632 bits per heavy atom. The maximum absolute atomic E-state index is 4.93. The standard InChI is InChI=1S/C18H14.2C5H5.4CH3.4ClH.2Zr/c1-3-7-15-13(5-1)9-11-17(15)18-12-10-14-6-2-4-8-16(14)18;2*1-2-4-5-3-1;;;;;;;;;;/h1-12,17-18H;2*1-3H,4H2;4*1H3;4*1H;;/q;6*-1;;;;;+2;+4/p-4. The van der Waals surface area contributed by atoms with Gasteiger partial charge in [0.2, 0.25) is 0 Å². The average molecular weight is 745 g/mol. The van der Waals surface area contributed by atoms with E-state index in [1.165, 1.54) is 22.3 Å². The Morgan fingerprint density at radius 2 is 0.974 bits per heavy atom. The Bertz CT molecular complexity index is 922. The number of fused-ring (bicyclic) bond motifs is 2. The van der Waals surface area contributed by atoms with Gasteiger partial charge in [0.15, 0.2) is 0 Å². The fourth-order valence-electron chi connectivity index (χ4n) is 3.86. The van der Waals surface area contributed by atoms with Crippen LogP contribution < -0.4 is 24.8 Å². The van der Waals surface area contributed by atoms with Crippen molar-refractivity contribution in [2.24, 2.45) is 0 Å². The van der Waals surface area contributed by atoms with Crippen LogP contribution >= 0.6 is 17.0 Å². The second-order valence-electron chi connectivity index (χ2n) is 7.11. The molecular weight excluding hydrogens is 709 g/mol. The molecule has 4 aliphatic rings. The molecule has 2 aromatic rings. The second kappa shape index (κ2) is 28.3. The molecule has 0 nitrogen and oxygen atoms in total. The Balaban J connectivity index is -0.000000155. The predicted molar refractivity (Wildman–Crippen MR) is 157 cm³/mol. The summed E-state index contributed by atoms with van der Waals surface area (Å²) in [6, 6.07) is 17.4. The molecule has 0 spiro atoms. The Kier molecular flexibility index (Phi) is 35.5. The minimum absolute atomic E-state index is 0. The first kappa shape index (κ1) is 47.6. The predicted octanol–water partition coefficient (Wildman–Crippen LogP) is 4.40. The molecule has 6 heteroatoms. The van der Waals surface area contributed by atoms with Gasteiger partial charge in [-0.15, -0.1) is 12.8 Å². The maximum atomic E-state index is 4.93. The van der Waals surface area contributed by atoms with Crippen molar-refractivity contribution in [3.63, 3.8) is 0 Å². The van der Waals surface area contributed by atoms with Gasteiger partial charge < -0.3 is 54.5 Å². The zero-order chi connectivity index (χ0) is 21.7. The van der Waals surface area contributed by atoms with Crippen molar-refractivity contribution in [1.29, 1.82) is 0 Å². The van der Waals surface area contributed by atoms with Crippen molar-refractivity contribution in [3.8, 4) is 0 Å². The van der Waals surface area contributed by atoms with Crippen LogP contribution in [-0.2, 0) is 47.1 Å². The molecule has 0 saturated heterocycles. The van der Waals surface area contributed by atoms with E-state index in [0.29, 0.717) is 11.8 Å². The summed E-state index contributed by atoms with van der Waals surface area (Å²) in [5.74, 6) is 1.00. The molecule has 0 N–H and O–H groups in total. The van der Waals surface area contributed by atoms with E-state index < -0.39 is 20.8 Å². The Morgan fingerprint density at radius 3 is 1.24 bits per heavy atom. The van der Waals surface area contributed by atoms with Gasteiger partial charge in [0.05, 0.1) is 0 Å². The smallest absolute Gasteiger partial charge is 2.00 e. The number of allylic oxidation sites excluding steroid dienone is 10. The number of halogens is 4. The van der Waals surface area contributed by atoms with Crippen LogP contribution in [0.25, 0.3) is 12.2 Å². The summed E-state index contributed by atoms with van der Waals surface area (Å²) in [4.78, 5) is 0. The van der Waals surface area contributed by atoms with Crippen molar-refractivity contribution >= 4 is 29.2 Å². The van der Waals surface area contributed by atoms with Crippen LogP contribution in [0, 0.1) is 41.9 Å². The van der Waals surface area contributed by atoms with E-state index in [0.717, 1.165) is 12.8 Å². The zero-order valence-corrected chi connectivity index (χ0v) is 30.4. The van der Waals surface area contributed by atoms with Gasteiger partial charge in [-0.25, -0.2) is 24.3 Å². The molecule has 2 aromatic carbocycles. The third kappa shape index (κ3) is 15.0. The molecule has 204 valence electrons. The molecule has 2 atom stereocenters. The fraction of sp³-hybridized carbons (Fsp3) is 0.125. The first-order valence-corrected chi connectivity index (χ1v) is 16.6. The molecule has 38 heavy (non-hydrogen) atoms. The molecule has 0 heterocycles. The summed E-state index contributed by atoms with van der Waals surface area (Å²) in [6.45, 7) is 0. The molecule has 0 aliphatic heterocycles. The molecule has 0 radical (unpaired) electrons. The third-order valence-electron chi connectivity index (χ3n) is 5.24. The Hall–Kier alpha value is -0.194. The number of hydrogen-bond donors (Lipinski definition) is 0. The van der Waals surface area contributed by atoms with Crippen molar-refractivity contribution in [3.05, 3.63) is 161 Å². The number of benzene rings is 2. The summed E-state index contributed by atoms with van der Waals surface area (Å²) in [7, 11) is 9.87. The SMILES string of the molecule is C1=CC(C2C=Cc3ccccc32)c2ccccc21.[C-]1=CC=CC1.[C-]1=CC=CC1.[CH3-].[CH3-].[CH3-].[CH3-].[Cl-].[Cl-].[Cl][Zr+2][Cl].[Zr+2]. The van der Waals surface area contributed by atoms with Crippen molar-refractivity contribution in [1.82, 2.24) is 0 Å². The van der Waals surface area contributed by atoms with E-state index in [1.54, 1.807) is 0 Å². The summed E-state index contributed by atoms with van der Waals surface area (Å²) >= 11 is -0.826. The summed E-state index contributed by atoms with van der Waals surface area (Å²) < 4.78 is 0. The first-order valence-electron chi connectivity index (χ1n) is 10.3. The molecular formula is C32H36Cl4Zr2-4. The molecule has 0 bridgehead atoms. The maximum Gasteiger partial charge on any atom is 2.00 e. The molecule has 0 amide bonds. The topological polar surface area (TPSA) is 0 Å². The van der Waals surface area contributed by atoms with Gasteiger partial charge in [0.1, 0.15) is 0 Å². The van der Waals surface area contributed by atoms with Crippen molar-refractivity contribution < 1.29 is 71.9 Å². The summed E-state index contributed by atoms with van der Waals surface area (Å²) in [5, 5.41) is 0. The minimum atomic E-state index is -0.826. The van der Waals surface area contributed by atoms with Crippen LogP contribution in [0.2, 0.25) is 0 Å². The van der Waals surface area contributed by atoms with E-state index in [-0.39, 0.29) is 80.7 Å². The van der Waals surface area contributed by atoms with Crippen LogP contribution in [0.15, 0.2) is 97.1 Å². The van der Waals surface area contributed by atoms with Gasteiger partial charge in [0.25, 0.3) is 0 Å². The molecule has 6 rings (SSSR count). The third-order valence-corrected chi connectivity index (χ3v) is 5.24. The van der Waals surface area contributed by atoms with Crippen molar-refractivity contribution in [2.75, 3.05) is 0 Å². The van der Waals surface area contributed by atoms with Crippen LogP contribution in [0.3, 0.4) is 0 Å². The van der Waals surface area contributed by atoms with E-state index in [2.05, 4.69) is 97.1 Å². The molecule has 2 unspecified atom stereocenters. The van der Waals surface area contributed by atoms with Crippen LogP contribution in [0.1, 0.15) is 46.9 Å². The number of hydrogen-bond acceptors (Lipinski definition) is 0. The van der Waals surface area contributed by atoms with Crippen LogP contribution in [0.5, 0.6) is 0 Å². The van der Waals surface area contributed by atoms with E-state index in [4.69, 9.17) is 17.0 Å². The van der Waals surface area contributed by atoms with Crippen LogP contribution in [-0.4, -0.2) is 0 Å². The van der Waals surface area contributed by atoms with Gasteiger partial charge in [-0.05, 0) is 22.3 Å². The number of rotatable bonds is 1.